The highest BCUT2D eigenvalue weighted by Crippen LogP contribution is 2.17. The molecule has 3 heterocycles. The molecular weight excluding hydrogens is 288 g/mol. The van der Waals surface area contributed by atoms with Crippen LogP contribution in [0.2, 0.25) is 0 Å². The summed E-state index contributed by atoms with van der Waals surface area (Å²) in [4.78, 5) is 6.94. The van der Waals surface area contributed by atoms with Crippen LogP contribution in [0, 0.1) is 0 Å². The number of benzene rings is 1. The Morgan fingerprint density at radius 3 is 2.57 bits per heavy atom. The molecule has 0 unspecified atom stereocenters. The normalized spacial score (nSPS) is 14.7. The Morgan fingerprint density at radius 1 is 0.957 bits per heavy atom. The van der Waals surface area contributed by atoms with E-state index in [1.165, 1.54) is 24.0 Å². The van der Waals surface area contributed by atoms with Crippen molar-refractivity contribution in [1.29, 1.82) is 0 Å². The summed E-state index contributed by atoms with van der Waals surface area (Å²) in [6.07, 6.45) is 4.53. The zero-order valence-corrected chi connectivity index (χ0v) is 13.0. The summed E-state index contributed by atoms with van der Waals surface area (Å²) < 4.78 is 0. The van der Waals surface area contributed by atoms with Crippen molar-refractivity contribution >= 4 is 16.9 Å². The van der Waals surface area contributed by atoms with Crippen molar-refractivity contribution in [1.82, 2.24) is 25.7 Å². The third-order valence-electron chi connectivity index (χ3n) is 4.28. The molecule has 1 saturated heterocycles. The highest BCUT2D eigenvalue weighted by molar-refractivity contribution is 5.74. The molecule has 3 aromatic rings. The summed E-state index contributed by atoms with van der Waals surface area (Å²) >= 11 is 0. The smallest absolute Gasteiger partial charge is 0.128 e. The predicted octanol–water partition coefficient (Wildman–Crippen LogP) is 2.24. The largest absolute Gasteiger partial charge is 0.357 e. The number of fused-ring (bicyclic) bond motifs is 1. The second kappa shape index (κ2) is 6.34. The minimum atomic E-state index is 0.802. The topological polar surface area (TPSA) is 69.7 Å². The average molecular weight is 308 g/mol. The maximum atomic E-state index is 4.58. The first kappa shape index (κ1) is 14.1. The number of hydrogen-bond acceptors (Lipinski definition) is 5. The van der Waals surface area contributed by atoms with Gasteiger partial charge >= 0.3 is 0 Å². The molecule has 118 valence electrons. The van der Waals surface area contributed by atoms with Gasteiger partial charge in [0.15, 0.2) is 0 Å². The van der Waals surface area contributed by atoms with Gasteiger partial charge in [-0.15, -0.1) is 0 Å². The molecule has 23 heavy (non-hydrogen) atoms. The highest BCUT2D eigenvalue weighted by Gasteiger charge is 2.12. The van der Waals surface area contributed by atoms with Crippen LogP contribution < -0.4 is 10.2 Å². The molecule has 6 nitrogen and oxygen atoms in total. The van der Waals surface area contributed by atoms with Crippen LogP contribution in [0.3, 0.4) is 0 Å². The van der Waals surface area contributed by atoms with Gasteiger partial charge in [0.25, 0.3) is 0 Å². The first-order valence-corrected chi connectivity index (χ1v) is 8.08. The van der Waals surface area contributed by atoms with E-state index in [-0.39, 0.29) is 0 Å². The van der Waals surface area contributed by atoms with Gasteiger partial charge in [0.05, 0.1) is 0 Å². The van der Waals surface area contributed by atoms with Crippen molar-refractivity contribution in [2.24, 2.45) is 0 Å². The highest BCUT2D eigenvalue weighted by atomic mass is 15.3. The molecule has 0 amide bonds. The van der Waals surface area contributed by atoms with Crippen molar-refractivity contribution in [2.75, 3.05) is 18.0 Å². The zero-order chi connectivity index (χ0) is 15.5. The number of pyridine rings is 1. The maximum Gasteiger partial charge on any atom is 0.128 e. The number of nitrogens with one attached hydrogen (secondary N) is 2. The molecule has 2 N–H and O–H groups in total. The van der Waals surface area contributed by atoms with Gasteiger partial charge < -0.3 is 10.2 Å². The van der Waals surface area contributed by atoms with Gasteiger partial charge in [-0.2, -0.15) is 15.4 Å². The zero-order valence-electron chi connectivity index (χ0n) is 13.0. The average Bonchev–Trinajstić information content (AvgIpc) is 3.27. The third kappa shape index (κ3) is 3.17. The number of rotatable bonds is 5. The van der Waals surface area contributed by atoms with E-state index in [0.29, 0.717) is 0 Å². The van der Waals surface area contributed by atoms with Crippen molar-refractivity contribution in [3.8, 4) is 0 Å². The van der Waals surface area contributed by atoms with Gasteiger partial charge in [-0.25, -0.2) is 4.98 Å². The Kier molecular flexibility index (Phi) is 3.90. The molecule has 0 bridgehead atoms. The van der Waals surface area contributed by atoms with Crippen molar-refractivity contribution in [3.63, 3.8) is 0 Å². The first-order chi connectivity index (χ1) is 11.4. The fourth-order valence-corrected chi connectivity index (χ4v) is 3.00. The fraction of sp³-hybridized carbons (Fsp3) is 0.353. The second-order valence-corrected chi connectivity index (χ2v) is 5.97. The van der Waals surface area contributed by atoms with Gasteiger partial charge in [-0.1, -0.05) is 12.1 Å². The molecule has 0 atom stereocenters. The van der Waals surface area contributed by atoms with E-state index in [0.717, 1.165) is 43.0 Å². The fourth-order valence-electron chi connectivity index (χ4n) is 3.00. The van der Waals surface area contributed by atoms with Crippen LogP contribution in [0.25, 0.3) is 11.0 Å². The minimum absolute atomic E-state index is 0.802. The lowest BCUT2D eigenvalue weighted by molar-refractivity contribution is 0.691. The van der Waals surface area contributed by atoms with Crippen LogP contribution in [-0.4, -0.2) is 33.5 Å². The Balaban J connectivity index is 1.33. The van der Waals surface area contributed by atoms with E-state index in [1.54, 1.807) is 0 Å². The van der Waals surface area contributed by atoms with Gasteiger partial charge in [-0.3, -0.25) is 0 Å². The quantitative estimate of drug-likeness (QED) is 0.756. The number of nitrogens with zero attached hydrogens (tertiary/aromatic N) is 4. The van der Waals surface area contributed by atoms with E-state index in [4.69, 9.17) is 0 Å². The molecule has 1 aliphatic heterocycles. The standard InChI is InChI=1S/C17H20N6/c1-2-8-23(7-1)17-6-4-14(12-19-17)11-18-10-13-3-5-15-16(9-13)21-22-20-15/h3-6,9,12,18H,1-2,7-8,10-11H2,(H,20,21,22). The Hall–Kier alpha value is -2.47. The Bertz CT molecular complexity index is 773. The molecule has 4 rings (SSSR count). The molecular formula is C17H20N6. The Labute approximate surface area is 134 Å². The number of aromatic nitrogens is 4. The second-order valence-electron chi connectivity index (χ2n) is 5.97. The molecule has 0 radical (unpaired) electrons. The van der Waals surface area contributed by atoms with Crippen LogP contribution in [0.15, 0.2) is 36.5 Å². The van der Waals surface area contributed by atoms with Gasteiger partial charge in [0.2, 0.25) is 0 Å². The van der Waals surface area contributed by atoms with Gasteiger partial charge in [-0.05, 0) is 42.2 Å². The Morgan fingerprint density at radius 2 is 1.74 bits per heavy atom. The molecule has 6 heteroatoms. The van der Waals surface area contributed by atoms with E-state index in [2.05, 4.69) is 54.9 Å². The van der Waals surface area contributed by atoms with E-state index >= 15 is 0 Å². The molecule has 0 spiro atoms. The number of aromatic amines is 1. The van der Waals surface area contributed by atoms with Crippen LogP contribution in [0.5, 0.6) is 0 Å². The van der Waals surface area contributed by atoms with Crippen LogP contribution in [0.1, 0.15) is 24.0 Å². The number of anilines is 1. The number of hydrogen-bond donors (Lipinski definition) is 2. The van der Waals surface area contributed by atoms with Crippen molar-refractivity contribution in [2.45, 2.75) is 25.9 Å². The summed E-state index contributed by atoms with van der Waals surface area (Å²) in [7, 11) is 0. The lowest BCUT2D eigenvalue weighted by atomic mass is 10.2. The SMILES string of the molecule is c1cc(N2CCCC2)ncc1CNCc1ccc2n[nH]nc2c1. The van der Waals surface area contributed by atoms with Crippen molar-refractivity contribution in [3.05, 3.63) is 47.7 Å². The van der Waals surface area contributed by atoms with Crippen molar-refractivity contribution < 1.29 is 0 Å². The minimum Gasteiger partial charge on any atom is -0.357 e. The predicted molar refractivity (Wildman–Crippen MR) is 90.1 cm³/mol. The third-order valence-corrected chi connectivity index (χ3v) is 4.28. The summed E-state index contributed by atoms with van der Waals surface area (Å²) in [5.41, 5.74) is 4.21. The monoisotopic (exact) mass is 308 g/mol. The van der Waals surface area contributed by atoms with Crippen LogP contribution >= 0.6 is 0 Å². The first-order valence-electron chi connectivity index (χ1n) is 8.08. The molecule has 1 aromatic carbocycles. The van der Waals surface area contributed by atoms with Crippen LogP contribution in [0.4, 0.5) is 5.82 Å². The van der Waals surface area contributed by atoms with E-state index in [9.17, 15) is 0 Å². The summed E-state index contributed by atoms with van der Waals surface area (Å²) in [6.45, 7) is 3.88. The summed E-state index contributed by atoms with van der Waals surface area (Å²) in [6, 6.07) is 10.4. The number of H-pyrrole nitrogens is 1. The lowest BCUT2D eigenvalue weighted by Gasteiger charge is -2.16. The summed E-state index contributed by atoms with van der Waals surface area (Å²) in [5.74, 6) is 1.10. The van der Waals surface area contributed by atoms with E-state index < -0.39 is 0 Å². The maximum absolute atomic E-state index is 4.58. The molecule has 1 fully saturated rings. The van der Waals surface area contributed by atoms with Gasteiger partial charge in [0.1, 0.15) is 16.9 Å². The molecule has 1 aliphatic rings. The molecule has 2 aromatic heterocycles. The van der Waals surface area contributed by atoms with E-state index in [1.807, 2.05) is 12.3 Å². The van der Waals surface area contributed by atoms with Gasteiger partial charge in [0, 0.05) is 32.4 Å². The molecule has 0 aliphatic carbocycles. The van der Waals surface area contributed by atoms with Crippen LogP contribution in [-0.2, 0) is 13.1 Å². The molecule has 0 saturated carbocycles. The lowest BCUT2D eigenvalue weighted by Crippen LogP contribution is -2.19. The summed E-state index contributed by atoms with van der Waals surface area (Å²) in [5, 5.41) is 14.3.